The number of hydrogen-bond acceptors (Lipinski definition) is 3. The van der Waals surface area contributed by atoms with Gasteiger partial charge in [-0.05, 0) is 53.3 Å². The van der Waals surface area contributed by atoms with Crippen LogP contribution in [0.5, 0.6) is 0 Å². The minimum atomic E-state index is -2.94. The topological polar surface area (TPSA) is 77.0 Å². The van der Waals surface area contributed by atoms with Gasteiger partial charge in [0.1, 0.15) is 0 Å². The van der Waals surface area contributed by atoms with Crippen molar-refractivity contribution in [3.05, 3.63) is 107 Å². The number of hydrogen-bond donors (Lipinski definition) is 2. The number of fused-ring (bicyclic) bond motifs is 3. The van der Waals surface area contributed by atoms with Crippen molar-refractivity contribution in [3.63, 3.8) is 0 Å². The molecule has 3 heterocycles. The molecule has 3 aromatic carbocycles. The number of likely N-dealkylation sites (tertiary alicyclic amines) is 1. The predicted molar refractivity (Wildman–Crippen MR) is 135 cm³/mol. The van der Waals surface area contributed by atoms with Gasteiger partial charge in [-0.3, -0.25) is 4.79 Å². The van der Waals surface area contributed by atoms with Gasteiger partial charge in [0.05, 0.1) is 31.5 Å². The lowest BCUT2D eigenvalue weighted by Crippen LogP contribution is -2.36. The molecule has 4 aromatic rings. The molecule has 0 aliphatic carbocycles. The number of rotatable bonds is 1. The molecular formula is C28H25N3O2S. The van der Waals surface area contributed by atoms with Gasteiger partial charge in [0.15, 0.2) is 0 Å². The van der Waals surface area contributed by atoms with Crippen molar-refractivity contribution in [3.8, 4) is 0 Å². The number of carbonyl (C=O) groups excluding carboxylic acids is 1. The van der Waals surface area contributed by atoms with E-state index in [1.807, 2.05) is 77.8 Å². The van der Waals surface area contributed by atoms with Crippen LogP contribution in [0.1, 0.15) is 39.9 Å². The Labute approximate surface area is 199 Å². The van der Waals surface area contributed by atoms with E-state index in [0.717, 1.165) is 46.0 Å². The first-order valence-electron chi connectivity index (χ1n) is 11.5. The van der Waals surface area contributed by atoms with Crippen molar-refractivity contribution in [2.24, 2.45) is 0 Å². The van der Waals surface area contributed by atoms with Crippen molar-refractivity contribution in [1.29, 1.82) is 4.78 Å². The van der Waals surface area contributed by atoms with E-state index < -0.39 is 9.73 Å². The fourth-order valence-electron chi connectivity index (χ4n) is 5.34. The van der Waals surface area contributed by atoms with Gasteiger partial charge in [0.25, 0.3) is 5.91 Å². The molecule has 6 heteroatoms. The number of amides is 1. The van der Waals surface area contributed by atoms with E-state index in [4.69, 9.17) is 4.78 Å². The summed E-state index contributed by atoms with van der Waals surface area (Å²) in [6.45, 7) is 1.27. The highest BCUT2D eigenvalue weighted by Crippen LogP contribution is 2.41. The highest BCUT2D eigenvalue weighted by Gasteiger charge is 2.29. The van der Waals surface area contributed by atoms with Crippen LogP contribution >= 0.6 is 0 Å². The molecule has 0 radical (unpaired) electrons. The molecule has 0 saturated carbocycles. The molecule has 2 N–H and O–H groups in total. The number of piperidine rings is 1. The number of benzene rings is 3. The van der Waals surface area contributed by atoms with E-state index in [2.05, 4.69) is 11.1 Å². The maximum absolute atomic E-state index is 13.4. The summed E-state index contributed by atoms with van der Waals surface area (Å²) >= 11 is 0. The molecule has 1 saturated heterocycles. The fraction of sp³-hybridized carbons (Fsp3) is 0.179. The fourth-order valence-corrected chi connectivity index (χ4v) is 7.01. The molecule has 1 unspecified atom stereocenters. The standard InChI is InChI=1S/C28H25N3O2S/c29-34(33)18-21-6-1-2-8-22(21)26(23-9-3-4-11-25(23)34)19-13-16-31(17-14-19)28(32)24-10-5-7-20-12-15-30-27(20)24/h1-12,15,29-30H,13-14,16-18H2. The van der Waals surface area contributed by atoms with Gasteiger partial charge >= 0.3 is 0 Å². The minimum absolute atomic E-state index is 0.0490. The SMILES string of the molecule is N=S1(=O)Cc2ccccc2C(=C2CCN(C(=O)c3cccc4cc[nH]c34)CC2)c2ccccc21. The zero-order valence-electron chi connectivity index (χ0n) is 18.7. The molecule has 1 atom stereocenters. The van der Waals surface area contributed by atoms with E-state index >= 15 is 0 Å². The summed E-state index contributed by atoms with van der Waals surface area (Å²) in [5.74, 6) is 0.273. The van der Waals surface area contributed by atoms with E-state index in [1.165, 1.54) is 5.57 Å². The van der Waals surface area contributed by atoms with Crippen LogP contribution in [0.4, 0.5) is 0 Å². The number of nitrogens with one attached hydrogen (secondary N) is 2. The monoisotopic (exact) mass is 467 g/mol. The molecule has 5 nitrogen and oxygen atoms in total. The summed E-state index contributed by atoms with van der Waals surface area (Å²) in [6, 6.07) is 23.5. The van der Waals surface area contributed by atoms with Crippen LogP contribution in [0.2, 0.25) is 0 Å². The summed E-state index contributed by atoms with van der Waals surface area (Å²) in [5, 5.41) is 1.04. The second kappa shape index (κ2) is 7.99. The Hall–Kier alpha value is -3.64. The summed E-state index contributed by atoms with van der Waals surface area (Å²) < 4.78 is 22.1. The third-order valence-electron chi connectivity index (χ3n) is 6.98. The summed E-state index contributed by atoms with van der Waals surface area (Å²) in [7, 11) is -2.94. The number of H-pyrrole nitrogens is 1. The average Bonchev–Trinajstić information content (AvgIpc) is 3.31. The van der Waals surface area contributed by atoms with Crippen LogP contribution < -0.4 is 0 Å². The molecule has 0 bridgehead atoms. The average molecular weight is 468 g/mol. The van der Waals surface area contributed by atoms with Crippen LogP contribution in [-0.4, -0.2) is 33.1 Å². The Morgan fingerprint density at radius 3 is 2.44 bits per heavy atom. The Bertz CT molecular complexity index is 1570. The highest BCUT2D eigenvalue weighted by atomic mass is 32.2. The molecule has 2 aliphatic rings. The van der Waals surface area contributed by atoms with Crippen LogP contribution in [0.15, 0.2) is 89.5 Å². The quantitative estimate of drug-likeness (QED) is 0.370. The first-order chi connectivity index (χ1) is 16.5. The largest absolute Gasteiger partial charge is 0.361 e. The predicted octanol–water partition coefficient (Wildman–Crippen LogP) is 5.83. The number of carbonyl (C=O) groups is 1. The smallest absolute Gasteiger partial charge is 0.256 e. The molecule has 170 valence electrons. The third-order valence-corrected chi connectivity index (χ3v) is 8.77. The zero-order chi connectivity index (χ0) is 23.3. The first-order valence-corrected chi connectivity index (χ1v) is 13.3. The minimum Gasteiger partial charge on any atom is -0.361 e. The van der Waals surface area contributed by atoms with Crippen molar-refractivity contribution in [2.75, 3.05) is 13.1 Å². The second-order valence-corrected chi connectivity index (χ2v) is 11.1. The van der Waals surface area contributed by atoms with Crippen molar-refractivity contribution < 1.29 is 9.00 Å². The summed E-state index contributed by atoms with van der Waals surface area (Å²) in [4.78, 5) is 19.1. The number of para-hydroxylation sites is 1. The molecular weight excluding hydrogens is 442 g/mol. The van der Waals surface area contributed by atoms with E-state index in [0.29, 0.717) is 23.5 Å². The number of aromatic amines is 1. The Balaban J connectivity index is 1.39. The lowest BCUT2D eigenvalue weighted by molar-refractivity contribution is 0.0745. The van der Waals surface area contributed by atoms with E-state index in [9.17, 15) is 9.00 Å². The maximum Gasteiger partial charge on any atom is 0.256 e. The van der Waals surface area contributed by atoms with E-state index in [1.54, 1.807) is 0 Å². The number of aromatic nitrogens is 1. The van der Waals surface area contributed by atoms with Gasteiger partial charge < -0.3 is 9.88 Å². The Morgan fingerprint density at radius 2 is 1.62 bits per heavy atom. The van der Waals surface area contributed by atoms with Crippen molar-refractivity contribution in [1.82, 2.24) is 9.88 Å². The van der Waals surface area contributed by atoms with Crippen molar-refractivity contribution >= 4 is 32.1 Å². The Kier molecular flexibility index (Phi) is 4.92. The van der Waals surface area contributed by atoms with Gasteiger partial charge in [-0.25, -0.2) is 8.99 Å². The van der Waals surface area contributed by atoms with Crippen LogP contribution in [0.3, 0.4) is 0 Å². The highest BCUT2D eigenvalue weighted by molar-refractivity contribution is 7.91. The molecule has 2 aliphatic heterocycles. The van der Waals surface area contributed by atoms with Gasteiger partial charge in [0.2, 0.25) is 0 Å². The number of nitrogens with zero attached hydrogens (tertiary/aromatic N) is 1. The molecule has 0 spiro atoms. The van der Waals surface area contributed by atoms with Crippen LogP contribution in [0, 0.1) is 4.78 Å². The summed E-state index contributed by atoms with van der Waals surface area (Å²) in [5.41, 5.74) is 6.88. The van der Waals surface area contributed by atoms with Crippen LogP contribution in [-0.2, 0) is 15.5 Å². The van der Waals surface area contributed by atoms with Gasteiger partial charge in [-0.15, -0.1) is 0 Å². The van der Waals surface area contributed by atoms with Gasteiger partial charge in [0, 0.05) is 24.7 Å². The van der Waals surface area contributed by atoms with E-state index in [-0.39, 0.29) is 11.7 Å². The molecule has 1 fully saturated rings. The second-order valence-electron chi connectivity index (χ2n) is 8.99. The summed E-state index contributed by atoms with van der Waals surface area (Å²) in [6.07, 6.45) is 3.37. The first kappa shape index (κ1) is 20.9. The third kappa shape index (κ3) is 3.37. The van der Waals surface area contributed by atoms with Gasteiger partial charge in [-0.2, -0.15) is 0 Å². The van der Waals surface area contributed by atoms with Gasteiger partial charge in [-0.1, -0.05) is 60.2 Å². The van der Waals surface area contributed by atoms with Crippen LogP contribution in [0.25, 0.3) is 16.5 Å². The molecule has 6 rings (SSSR count). The molecule has 1 amide bonds. The molecule has 34 heavy (non-hydrogen) atoms. The Morgan fingerprint density at radius 1 is 0.882 bits per heavy atom. The normalized spacial score (nSPS) is 20.1. The maximum atomic E-state index is 13.4. The molecule has 1 aromatic heterocycles. The van der Waals surface area contributed by atoms with Crippen molar-refractivity contribution in [2.45, 2.75) is 23.5 Å². The lowest BCUT2D eigenvalue weighted by atomic mass is 9.86. The zero-order valence-corrected chi connectivity index (χ0v) is 19.5. The lowest BCUT2D eigenvalue weighted by Gasteiger charge is -2.30.